The van der Waals surface area contributed by atoms with Gasteiger partial charge in [-0.05, 0) is 48.7 Å². The number of rotatable bonds is 7. The predicted octanol–water partition coefficient (Wildman–Crippen LogP) is 4.69. The van der Waals surface area contributed by atoms with Crippen molar-refractivity contribution in [2.24, 2.45) is 7.05 Å². The third-order valence-electron chi connectivity index (χ3n) is 4.51. The largest absolute Gasteiger partial charge is 0.497 e. The van der Waals surface area contributed by atoms with E-state index in [0.717, 1.165) is 29.1 Å². The van der Waals surface area contributed by atoms with Gasteiger partial charge in [0.05, 0.1) is 12.8 Å². The lowest BCUT2D eigenvalue weighted by atomic mass is 10.1. The summed E-state index contributed by atoms with van der Waals surface area (Å²) in [6.07, 6.45) is 3.42. The Bertz CT molecular complexity index is 914. The number of hydrogen-bond acceptors (Lipinski definition) is 3. The number of ether oxygens (including phenoxy) is 1. The highest BCUT2D eigenvalue weighted by atomic mass is 16.5. The van der Waals surface area contributed by atoms with Crippen LogP contribution >= 0.6 is 0 Å². The van der Waals surface area contributed by atoms with E-state index in [-0.39, 0.29) is 5.91 Å². The highest BCUT2D eigenvalue weighted by Gasteiger charge is 2.15. The summed E-state index contributed by atoms with van der Waals surface area (Å²) in [7, 11) is 3.40. The van der Waals surface area contributed by atoms with Gasteiger partial charge in [-0.3, -0.25) is 9.48 Å². The Morgan fingerprint density at radius 1 is 1.15 bits per heavy atom. The molecule has 1 amide bonds. The lowest BCUT2D eigenvalue weighted by Gasteiger charge is -2.06. The van der Waals surface area contributed by atoms with Gasteiger partial charge in [0.2, 0.25) is 0 Å². The van der Waals surface area contributed by atoms with Gasteiger partial charge in [0.15, 0.2) is 0 Å². The number of aryl methyl sites for hydroxylation is 2. The molecule has 0 radical (unpaired) electrons. The van der Waals surface area contributed by atoms with E-state index in [1.165, 1.54) is 18.4 Å². The van der Waals surface area contributed by atoms with Crippen LogP contribution in [0.3, 0.4) is 0 Å². The molecule has 0 saturated heterocycles. The van der Waals surface area contributed by atoms with Gasteiger partial charge in [0, 0.05) is 18.3 Å². The van der Waals surface area contributed by atoms with E-state index >= 15 is 0 Å². The molecule has 0 saturated carbocycles. The first-order chi connectivity index (χ1) is 13.1. The Morgan fingerprint density at radius 3 is 2.63 bits per heavy atom. The van der Waals surface area contributed by atoms with Crippen LogP contribution < -0.4 is 10.1 Å². The zero-order chi connectivity index (χ0) is 19.2. The number of benzene rings is 2. The van der Waals surface area contributed by atoms with Crippen molar-refractivity contribution in [2.75, 3.05) is 12.4 Å². The van der Waals surface area contributed by atoms with Crippen molar-refractivity contribution in [1.82, 2.24) is 9.78 Å². The molecule has 0 aliphatic rings. The predicted molar refractivity (Wildman–Crippen MR) is 108 cm³/mol. The monoisotopic (exact) mass is 363 g/mol. The maximum absolute atomic E-state index is 12.7. The Hall–Kier alpha value is -3.08. The molecule has 0 atom stereocenters. The Morgan fingerprint density at radius 2 is 1.93 bits per heavy atom. The molecular formula is C22H25N3O2. The standard InChI is InChI=1S/C22H25N3O2/c1-4-5-7-16-10-12-18(13-11-16)23-22(26)21-15-20(24-25(21)2)17-8-6-9-19(14-17)27-3/h6,8-15H,4-5,7H2,1-3H3,(H,23,26). The highest BCUT2D eigenvalue weighted by molar-refractivity contribution is 6.03. The van der Waals surface area contributed by atoms with Gasteiger partial charge < -0.3 is 10.1 Å². The molecule has 1 aromatic heterocycles. The van der Waals surface area contributed by atoms with Crippen molar-refractivity contribution in [3.63, 3.8) is 0 Å². The van der Waals surface area contributed by atoms with Crippen LogP contribution in [0.25, 0.3) is 11.3 Å². The number of unbranched alkanes of at least 4 members (excludes halogenated alkanes) is 1. The van der Waals surface area contributed by atoms with Crippen molar-refractivity contribution < 1.29 is 9.53 Å². The first kappa shape index (κ1) is 18.7. The molecule has 5 nitrogen and oxygen atoms in total. The highest BCUT2D eigenvalue weighted by Crippen LogP contribution is 2.23. The van der Waals surface area contributed by atoms with Crippen molar-refractivity contribution >= 4 is 11.6 Å². The molecule has 27 heavy (non-hydrogen) atoms. The maximum atomic E-state index is 12.7. The lowest BCUT2D eigenvalue weighted by Crippen LogP contribution is -2.16. The molecule has 0 spiro atoms. The third kappa shape index (κ3) is 4.56. The zero-order valence-corrected chi connectivity index (χ0v) is 16.0. The molecule has 3 aromatic rings. The average Bonchev–Trinajstić information content (AvgIpc) is 3.09. The van der Waals surface area contributed by atoms with Crippen LogP contribution in [0, 0.1) is 0 Å². The minimum absolute atomic E-state index is 0.180. The van der Waals surface area contributed by atoms with Crippen LogP contribution in [-0.2, 0) is 13.5 Å². The quantitative estimate of drug-likeness (QED) is 0.662. The molecule has 0 aliphatic heterocycles. The summed E-state index contributed by atoms with van der Waals surface area (Å²) >= 11 is 0. The fraction of sp³-hybridized carbons (Fsp3) is 0.273. The molecule has 1 N–H and O–H groups in total. The fourth-order valence-electron chi connectivity index (χ4n) is 2.93. The van der Waals surface area contributed by atoms with E-state index in [4.69, 9.17) is 4.74 Å². The van der Waals surface area contributed by atoms with Gasteiger partial charge in [0.1, 0.15) is 11.4 Å². The van der Waals surface area contributed by atoms with Crippen LogP contribution in [0.4, 0.5) is 5.69 Å². The topological polar surface area (TPSA) is 56.1 Å². The summed E-state index contributed by atoms with van der Waals surface area (Å²) in [6, 6.07) is 17.4. The SMILES string of the molecule is CCCCc1ccc(NC(=O)c2cc(-c3cccc(OC)c3)nn2C)cc1. The molecule has 140 valence electrons. The number of methoxy groups -OCH3 is 1. The first-order valence-electron chi connectivity index (χ1n) is 9.19. The molecule has 3 rings (SSSR count). The summed E-state index contributed by atoms with van der Waals surface area (Å²) in [6.45, 7) is 2.18. The molecule has 1 heterocycles. The number of carbonyl (C=O) groups is 1. The number of nitrogens with zero attached hydrogens (tertiary/aromatic N) is 2. The normalized spacial score (nSPS) is 10.6. The Labute approximate surface area is 160 Å². The van der Waals surface area contributed by atoms with E-state index in [1.54, 1.807) is 24.9 Å². The smallest absolute Gasteiger partial charge is 0.273 e. The van der Waals surface area contributed by atoms with Crippen molar-refractivity contribution in [3.8, 4) is 17.0 Å². The molecule has 5 heteroatoms. The van der Waals surface area contributed by atoms with Gasteiger partial charge in [-0.25, -0.2) is 0 Å². The van der Waals surface area contributed by atoms with Crippen LogP contribution in [0.5, 0.6) is 5.75 Å². The third-order valence-corrected chi connectivity index (χ3v) is 4.51. The van der Waals surface area contributed by atoms with Gasteiger partial charge in [0.25, 0.3) is 5.91 Å². The summed E-state index contributed by atoms with van der Waals surface area (Å²) < 4.78 is 6.86. The second-order valence-corrected chi connectivity index (χ2v) is 6.52. The summed E-state index contributed by atoms with van der Waals surface area (Å²) in [5.41, 5.74) is 4.21. The number of carbonyl (C=O) groups excluding carboxylic acids is 1. The lowest BCUT2D eigenvalue weighted by molar-refractivity contribution is 0.101. The zero-order valence-electron chi connectivity index (χ0n) is 16.0. The van der Waals surface area contributed by atoms with Gasteiger partial charge in [-0.15, -0.1) is 0 Å². The van der Waals surface area contributed by atoms with E-state index in [0.29, 0.717) is 5.69 Å². The number of amides is 1. The second kappa shape index (κ2) is 8.54. The van der Waals surface area contributed by atoms with Crippen molar-refractivity contribution in [3.05, 3.63) is 65.9 Å². The Balaban J connectivity index is 1.74. The number of aromatic nitrogens is 2. The Kier molecular flexibility index (Phi) is 5.91. The summed E-state index contributed by atoms with van der Waals surface area (Å²) in [4.78, 5) is 12.7. The van der Waals surface area contributed by atoms with E-state index in [9.17, 15) is 4.79 Å². The van der Waals surface area contributed by atoms with E-state index < -0.39 is 0 Å². The molecule has 0 bridgehead atoms. The molecule has 2 aromatic carbocycles. The van der Waals surface area contributed by atoms with Gasteiger partial charge in [-0.1, -0.05) is 37.6 Å². The minimum Gasteiger partial charge on any atom is -0.497 e. The molecule has 0 unspecified atom stereocenters. The first-order valence-corrected chi connectivity index (χ1v) is 9.19. The number of nitrogens with one attached hydrogen (secondary N) is 1. The molecule has 0 aliphatic carbocycles. The van der Waals surface area contributed by atoms with Gasteiger partial charge in [-0.2, -0.15) is 5.10 Å². The molecule has 0 fully saturated rings. The average molecular weight is 363 g/mol. The number of anilines is 1. The second-order valence-electron chi connectivity index (χ2n) is 6.52. The van der Waals surface area contributed by atoms with Crippen LogP contribution in [0.15, 0.2) is 54.6 Å². The van der Waals surface area contributed by atoms with Crippen LogP contribution in [0.1, 0.15) is 35.8 Å². The minimum atomic E-state index is -0.180. The maximum Gasteiger partial charge on any atom is 0.273 e. The van der Waals surface area contributed by atoms with Crippen LogP contribution in [-0.4, -0.2) is 22.8 Å². The van der Waals surface area contributed by atoms with E-state index in [2.05, 4.69) is 29.5 Å². The van der Waals surface area contributed by atoms with Crippen LogP contribution in [0.2, 0.25) is 0 Å². The van der Waals surface area contributed by atoms with Gasteiger partial charge >= 0.3 is 0 Å². The number of hydrogen-bond donors (Lipinski definition) is 1. The molecular weight excluding hydrogens is 338 g/mol. The van der Waals surface area contributed by atoms with Crippen molar-refractivity contribution in [2.45, 2.75) is 26.2 Å². The van der Waals surface area contributed by atoms with E-state index in [1.807, 2.05) is 36.4 Å². The van der Waals surface area contributed by atoms with Crippen molar-refractivity contribution in [1.29, 1.82) is 0 Å². The summed E-state index contributed by atoms with van der Waals surface area (Å²) in [5, 5.41) is 7.41. The fourth-order valence-corrected chi connectivity index (χ4v) is 2.93. The summed E-state index contributed by atoms with van der Waals surface area (Å²) in [5.74, 6) is 0.577.